The molecule has 3 nitrogen and oxygen atoms in total. The monoisotopic (exact) mass is 326 g/mol. The highest BCUT2D eigenvalue weighted by Gasteiger charge is 2.44. The van der Waals surface area contributed by atoms with Crippen LogP contribution in [0.25, 0.3) is 0 Å². The van der Waals surface area contributed by atoms with Crippen molar-refractivity contribution in [3.8, 4) is 5.75 Å². The summed E-state index contributed by atoms with van der Waals surface area (Å²) in [5.41, 5.74) is 2.66. The lowest BCUT2D eigenvalue weighted by Gasteiger charge is -2.47. The first-order chi connectivity index (χ1) is 11.7. The predicted molar refractivity (Wildman–Crippen MR) is 92.7 cm³/mol. The van der Waals surface area contributed by atoms with E-state index < -0.39 is 0 Å². The molecule has 24 heavy (non-hydrogen) atoms. The number of fused-ring (bicyclic) bond motifs is 3. The molecule has 4 atom stereocenters. The highest BCUT2D eigenvalue weighted by molar-refractivity contribution is 5.69. The van der Waals surface area contributed by atoms with Crippen LogP contribution in [0.5, 0.6) is 5.75 Å². The zero-order chi connectivity index (χ0) is 16.5. The standard InChI is InChI=1S/C21H26O3/c1-14(22)23-20-13-7-5-11-18(20)21-17-10-3-2-8-15(17)16-9-4-6-12-19(16)24-21/h5,7-8,11,13,16-17,19,21H,2-4,6,9-10,12H2,1H3/t16-,17+,19-,21-/m0/s1. The molecule has 1 saturated heterocycles. The second-order valence-corrected chi connectivity index (χ2v) is 7.36. The van der Waals surface area contributed by atoms with Gasteiger partial charge in [-0.1, -0.05) is 42.7 Å². The Bertz CT molecular complexity index is 648. The van der Waals surface area contributed by atoms with E-state index in [1.165, 1.54) is 45.4 Å². The van der Waals surface area contributed by atoms with Crippen molar-refractivity contribution in [2.75, 3.05) is 0 Å². The number of ether oxygens (including phenoxy) is 2. The molecule has 0 N–H and O–H groups in total. The van der Waals surface area contributed by atoms with Gasteiger partial charge in [0.15, 0.2) is 0 Å². The number of hydrogen-bond acceptors (Lipinski definition) is 3. The Hall–Kier alpha value is -1.61. The summed E-state index contributed by atoms with van der Waals surface area (Å²) in [6.45, 7) is 1.46. The van der Waals surface area contributed by atoms with Crippen molar-refractivity contribution >= 4 is 5.97 Å². The Balaban J connectivity index is 1.71. The Labute approximate surface area is 144 Å². The summed E-state index contributed by atoms with van der Waals surface area (Å²) in [4.78, 5) is 11.5. The summed E-state index contributed by atoms with van der Waals surface area (Å²) >= 11 is 0. The Morgan fingerprint density at radius 2 is 1.88 bits per heavy atom. The average Bonchev–Trinajstić information content (AvgIpc) is 2.61. The van der Waals surface area contributed by atoms with Gasteiger partial charge in [0, 0.05) is 24.3 Å². The molecule has 0 radical (unpaired) electrons. The molecule has 1 saturated carbocycles. The van der Waals surface area contributed by atoms with Crippen LogP contribution in [0.4, 0.5) is 0 Å². The molecule has 3 aliphatic rings. The number of carbonyl (C=O) groups excluding carboxylic acids is 1. The zero-order valence-electron chi connectivity index (χ0n) is 14.4. The van der Waals surface area contributed by atoms with Crippen LogP contribution in [0.3, 0.4) is 0 Å². The van der Waals surface area contributed by atoms with Gasteiger partial charge in [0.1, 0.15) is 5.75 Å². The molecule has 3 heteroatoms. The van der Waals surface area contributed by atoms with Crippen LogP contribution in [0.15, 0.2) is 35.9 Å². The van der Waals surface area contributed by atoms with E-state index in [-0.39, 0.29) is 12.1 Å². The lowest BCUT2D eigenvalue weighted by molar-refractivity contribution is -0.132. The Morgan fingerprint density at radius 1 is 1.08 bits per heavy atom. The van der Waals surface area contributed by atoms with Crippen molar-refractivity contribution in [2.45, 2.75) is 64.1 Å². The first kappa shape index (κ1) is 15.9. The Kier molecular flexibility index (Phi) is 4.45. The van der Waals surface area contributed by atoms with Gasteiger partial charge in [-0.25, -0.2) is 0 Å². The van der Waals surface area contributed by atoms with Crippen molar-refractivity contribution in [2.24, 2.45) is 11.8 Å². The minimum Gasteiger partial charge on any atom is -0.426 e. The maximum absolute atomic E-state index is 11.5. The molecular weight excluding hydrogens is 300 g/mol. The van der Waals surface area contributed by atoms with Crippen molar-refractivity contribution in [3.05, 3.63) is 41.5 Å². The molecule has 1 aromatic rings. The minimum absolute atomic E-state index is 0.0199. The average molecular weight is 326 g/mol. The van der Waals surface area contributed by atoms with Gasteiger partial charge >= 0.3 is 5.97 Å². The normalized spacial score (nSPS) is 32.3. The molecule has 2 aliphatic carbocycles. The number of para-hydroxylation sites is 1. The van der Waals surface area contributed by atoms with Crippen LogP contribution >= 0.6 is 0 Å². The Morgan fingerprint density at radius 3 is 2.75 bits per heavy atom. The summed E-state index contributed by atoms with van der Waals surface area (Å²) in [6.07, 6.45) is 11.4. The van der Waals surface area contributed by atoms with Crippen molar-refractivity contribution in [1.29, 1.82) is 0 Å². The molecule has 0 unspecified atom stereocenters. The van der Waals surface area contributed by atoms with Crippen LogP contribution in [0.1, 0.15) is 63.5 Å². The maximum atomic E-state index is 11.5. The van der Waals surface area contributed by atoms with E-state index in [4.69, 9.17) is 9.47 Å². The fourth-order valence-corrected chi connectivity index (χ4v) is 4.85. The number of allylic oxidation sites excluding steroid dienone is 1. The highest BCUT2D eigenvalue weighted by atomic mass is 16.5. The lowest BCUT2D eigenvalue weighted by Crippen LogP contribution is -2.41. The van der Waals surface area contributed by atoms with E-state index in [1.54, 1.807) is 5.57 Å². The van der Waals surface area contributed by atoms with Gasteiger partial charge in [-0.15, -0.1) is 0 Å². The quantitative estimate of drug-likeness (QED) is 0.437. The SMILES string of the molecule is CC(=O)Oc1ccccc1[C@H]1O[C@H]2CCCC[C@H]2C2=CCCC[C@H]21. The molecule has 0 bridgehead atoms. The third-order valence-corrected chi connectivity index (χ3v) is 5.82. The van der Waals surface area contributed by atoms with Gasteiger partial charge in [0.05, 0.1) is 12.2 Å². The molecule has 2 fully saturated rings. The third-order valence-electron chi connectivity index (χ3n) is 5.82. The number of hydrogen-bond donors (Lipinski definition) is 0. The molecule has 0 aromatic heterocycles. The van der Waals surface area contributed by atoms with E-state index in [1.807, 2.05) is 18.2 Å². The van der Waals surface area contributed by atoms with E-state index in [0.29, 0.717) is 23.7 Å². The first-order valence-corrected chi connectivity index (χ1v) is 9.37. The van der Waals surface area contributed by atoms with Gasteiger partial charge < -0.3 is 9.47 Å². The molecule has 1 aliphatic heterocycles. The van der Waals surface area contributed by atoms with Gasteiger partial charge in [0.2, 0.25) is 0 Å². The smallest absolute Gasteiger partial charge is 0.308 e. The van der Waals surface area contributed by atoms with Gasteiger partial charge in [0.25, 0.3) is 0 Å². The van der Waals surface area contributed by atoms with E-state index in [9.17, 15) is 4.79 Å². The van der Waals surface area contributed by atoms with Crippen LogP contribution in [-0.2, 0) is 9.53 Å². The van der Waals surface area contributed by atoms with Crippen molar-refractivity contribution in [1.82, 2.24) is 0 Å². The largest absolute Gasteiger partial charge is 0.426 e. The molecule has 0 amide bonds. The second kappa shape index (κ2) is 6.72. The van der Waals surface area contributed by atoms with E-state index in [0.717, 1.165) is 12.0 Å². The van der Waals surface area contributed by atoms with Crippen LogP contribution in [0, 0.1) is 11.8 Å². The van der Waals surface area contributed by atoms with Crippen molar-refractivity contribution in [3.63, 3.8) is 0 Å². The fraction of sp³-hybridized carbons (Fsp3) is 0.571. The molecule has 4 rings (SSSR count). The molecular formula is C21H26O3. The third kappa shape index (κ3) is 2.90. The summed E-state index contributed by atoms with van der Waals surface area (Å²) in [7, 11) is 0. The van der Waals surface area contributed by atoms with E-state index >= 15 is 0 Å². The van der Waals surface area contributed by atoms with Crippen molar-refractivity contribution < 1.29 is 14.3 Å². The maximum Gasteiger partial charge on any atom is 0.308 e. The summed E-state index contributed by atoms with van der Waals surface area (Å²) in [5.74, 6) is 1.44. The second-order valence-electron chi connectivity index (χ2n) is 7.36. The molecule has 1 heterocycles. The van der Waals surface area contributed by atoms with Gasteiger partial charge in [-0.05, 0) is 38.2 Å². The summed E-state index contributed by atoms with van der Waals surface area (Å²) in [6, 6.07) is 7.90. The lowest BCUT2D eigenvalue weighted by atomic mass is 9.68. The zero-order valence-corrected chi connectivity index (χ0v) is 14.4. The summed E-state index contributed by atoms with van der Waals surface area (Å²) in [5, 5.41) is 0. The molecule has 0 spiro atoms. The molecule has 128 valence electrons. The van der Waals surface area contributed by atoms with E-state index in [2.05, 4.69) is 12.1 Å². The fourth-order valence-electron chi connectivity index (χ4n) is 4.85. The van der Waals surface area contributed by atoms with Crippen LogP contribution in [-0.4, -0.2) is 12.1 Å². The summed E-state index contributed by atoms with van der Waals surface area (Å²) < 4.78 is 12.1. The number of benzene rings is 1. The van der Waals surface area contributed by atoms with Crippen LogP contribution < -0.4 is 4.74 Å². The van der Waals surface area contributed by atoms with Gasteiger partial charge in [-0.3, -0.25) is 4.79 Å². The van der Waals surface area contributed by atoms with Crippen LogP contribution in [0.2, 0.25) is 0 Å². The number of rotatable bonds is 2. The first-order valence-electron chi connectivity index (χ1n) is 9.37. The number of esters is 1. The van der Waals surface area contributed by atoms with Gasteiger partial charge in [-0.2, -0.15) is 0 Å². The molecule has 1 aromatic carbocycles. The highest BCUT2D eigenvalue weighted by Crippen LogP contribution is 2.52. The topological polar surface area (TPSA) is 35.5 Å². The predicted octanol–water partition coefficient (Wildman–Crippen LogP) is 4.97. The minimum atomic E-state index is -0.270. The number of carbonyl (C=O) groups is 1.